The average Bonchev–Trinajstić information content (AvgIpc) is 3.16. The van der Waals surface area contributed by atoms with E-state index in [0.717, 1.165) is 23.9 Å². The predicted octanol–water partition coefficient (Wildman–Crippen LogP) is 1.68. The lowest BCUT2D eigenvalue weighted by molar-refractivity contribution is -0.119. The maximum atomic E-state index is 12.2. The molecule has 124 valence electrons. The van der Waals surface area contributed by atoms with Gasteiger partial charge in [-0.25, -0.2) is 14.9 Å². The fourth-order valence-corrected chi connectivity index (χ4v) is 3.27. The van der Waals surface area contributed by atoms with Crippen molar-refractivity contribution in [1.82, 2.24) is 30.2 Å². The molecule has 2 aromatic heterocycles. The monoisotopic (exact) mass is 344 g/mol. The maximum absolute atomic E-state index is 12.2. The Morgan fingerprint density at radius 3 is 2.96 bits per heavy atom. The molecule has 0 unspecified atom stereocenters. The number of benzene rings is 1. The highest BCUT2D eigenvalue weighted by molar-refractivity contribution is 8.00. The summed E-state index contributed by atoms with van der Waals surface area (Å²) in [5, 5.41) is 12.4. The summed E-state index contributed by atoms with van der Waals surface area (Å²) in [5.41, 5.74) is 1.77. The molecule has 0 radical (unpaired) electrons. The fraction of sp³-hybridized carbons (Fsp3) is 0.333. The van der Waals surface area contributed by atoms with Crippen molar-refractivity contribution in [2.75, 3.05) is 0 Å². The summed E-state index contributed by atoms with van der Waals surface area (Å²) in [6.45, 7) is 1.74. The predicted molar refractivity (Wildman–Crippen MR) is 89.9 cm³/mol. The molecule has 24 heavy (non-hydrogen) atoms. The number of rotatable bonds is 4. The van der Waals surface area contributed by atoms with Crippen molar-refractivity contribution < 1.29 is 9.59 Å². The number of imide groups is 1. The topological polar surface area (TPSA) is 104 Å². The summed E-state index contributed by atoms with van der Waals surface area (Å²) in [6.07, 6.45) is 1.95. The molecule has 0 saturated heterocycles. The van der Waals surface area contributed by atoms with Crippen LogP contribution in [-0.2, 0) is 4.79 Å². The zero-order valence-corrected chi connectivity index (χ0v) is 13.8. The number of aromatic amines is 1. The number of carbonyl (C=O) groups is 2. The lowest BCUT2D eigenvalue weighted by Gasteiger charge is -2.10. The normalized spacial score (nSPS) is 15.5. The number of urea groups is 1. The molecule has 9 heteroatoms. The first-order valence-electron chi connectivity index (χ1n) is 7.71. The van der Waals surface area contributed by atoms with Crippen LogP contribution in [0.3, 0.4) is 0 Å². The second-order valence-corrected chi connectivity index (χ2v) is 7.07. The second kappa shape index (κ2) is 5.82. The van der Waals surface area contributed by atoms with Crippen molar-refractivity contribution in [2.24, 2.45) is 0 Å². The Bertz CT molecular complexity index is 928. The quantitative estimate of drug-likeness (QED) is 0.625. The summed E-state index contributed by atoms with van der Waals surface area (Å²) in [6, 6.07) is 7.49. The zero-order valence-electron chi connectivity index (χ0n) is 12.9. The van der Waals surface area contributed by atoms with Crippen molar-refractivity contribution in [3.8, 4) is 0 Å². The van der Waals surface area contributed by atoms with Gasteiger partial charge >= 0.3 is 6.03 Å². The maximum Gasteiger partial charge on any atom is 0.321 e. The van der Waals surface area contributed by atoms with Gasteiger partial charge in [0, 0.05) is 6.04 Å². The van der Waals surface area contributed by atoms with E-state index in [1.54, 1.807) is 6.92 Å². The van der Waals surface area contributed by atoms with Gasteiger partial charge < -0.3 is 5.32 Å². The molecule has 1 fully saturated rings. The van der Waals surface area contributed by atoms with Crippen molar-refractivity contribution in [3.63, 3.8) is 0 Å². The SMILES string of the molecule is C[C@@H](Sc1n[nH]c2nc3ccccc3n12)C(=O)NC(=O)NC1CC1. The van der Waals surface area contributed by atoms with Crippen LogP contribution in [0.1, 0.15) is 19.8 Å². The number of para-hydroxylation sites is 2. The van der Waals surface area contributed by atoms with Gasteiger partial charge in [0.15, 0.2) is 5.16 Å². The summed E-state index contributed by atoms with van der Waals surface area (Å²) >= 11 is 1.27. The summed E-state index contributed by atoms with van der Waals surface area (Å²) in [7, 11) is 0. The van der Waals surface area contributed by atoms with E-state index in [4.69, 9.17) is 0 Å². The Hall–Kier alpha value is -2.55. The van der Waals surface area contributed by atoms with Crippen LogP contribution < -0.4 is 10.6 Å². The third-order valence-corrected chi connectivity index (χ3v) is 4.86. The Morgan fingerprint density at radius 1 is 1.38 bits per heavy atom. The lowest BCUT2D eigenvalue weighted by atomic mass is 10.3. The number of carbonyl (C=O) groups excluding carboxylic acids is 2. The first-order valence-corrected chi connectivity index (χ1v) is 8.59. The molecular formula is C15H16N6O2S. The van der Waals surface area contributed by atoms with Crippen molar-refractivity contribution in [3.05, 3.63) is 24.3 Å². The molecule has 0 bridgehead atoms. The van der Waals surface area contributed by atoms with Gasteiger partial charge in [0.25, 0.3) is 0 Å². The summed E-state index contributed by atoms with van der Waals surface area (Å²) in [5.74, 6) is 0.275. The smallest absolute Gasteiger partial charge is 0.321 e. The van der Waals surface area contributed by atoms with E-state index in [0.29, 0.717) is 10.9 Å². The van der Waals surface area contributed by atoms with Gasteiger partial charge in [-0.1, -0.05) is 23.9 Å². The van der Waals surface area contributed by atoms with Gasteiger partial charge in [-0.05, 0) is 31.9 Å². The number of aromatic nitrogens is 4. The van der Waals surface area contributed by atoms with Gasteiger partial charge in [0.2, 0.25) is 11.7 Å². The number of fused-ring (bicyclic) bond motifs is 3. The molecule has 1 saturated carbocycles. The minimum absolute atomic E-state index is 0.212. The largest absolute Gasteiger partial charge is 0.335 e. The van der Waals surface area contributed by atoms with Crippen molar-refractivity contribution >= 4 is 40.5 Å². The van der Waals surface area contributed by atoms with Gasteiger partial charge in [-0.2, -0.15) is 0 Å². The first kappa shape index (κ1) is 15.0. The third kappa shape index (κ3) is 2.82. The van der Waals surface area contributed by atoms with Crippen LogP contribution in [0.4, 0.5) is 4.79 Å². The van der Waals surface area contributed by atoms with Crippen LogP contribution in [-0.4, -0.2) is 42.8 Å². The molecule has 0 spiro atoms. The number of nitrogens with one attached hydrogen (secondary N) is 3. The Labute approximate surface area is 141 Å². The number of H-pyrrole nitrogens is 1. The van der Waals surface area contributed by atoms with Gasteiger partial charge in [-0.15, -0.1) is 5.10 Å². The summed E-state index contributed by atoms with van der Waals surface area (Å²) < 4.78 is 1.87. The van der Waals surface area contributed by atoms with Gasteiger partial charge in [0.1, 0.15) is 0 Å². The number of amides is 3. The zero-order chi connectivity index (χ0) is 16.7. The molecule has 0 aliphatic heterocycles. The first-order chi connectivity index (χ1) is 11.6. The van der Waals surface area contributed by atoms with Crippen LogP contribution in [0, 0.1) is 0 Å². The van der Waals surface area contributed by atoms with E-state index in [1.165, 1.54) is 11.8 Å². The highest BCUT2D eigenvalue weighted by Gasteiger charge is 2.26. The van der Waals surface area contributed by atoms with E-state index in [1.807, 2.05) is 28.7 Å². The molecule has 3 N–H and O–H groups in total. The number of nitrogens with zero attached hydrogens (tertiary/aromatic N) is 3. The van der Waals surface area contributed by atoms with E-state index in [9.17, 15) is 9.59 Å². The van der Waals surface area contributed by atoms with E-state index in [-0.39, 0.29) is 11.9 Å². The molecule has 3 aromatic rings. The lowest BCUT2D eigenvalue weighted by Crippen LogP contribution is -2.43. The van der Waals surface area contributed by atoms with Gasteiger partial charge in [-0.3, -0.25) is 14.5 Å². The molecule has 1 aromatic carbocycles. The molecule has 4 rings (SSSR count). The molecule has 1 aliphatic rings. The van der Waals surface area contributed by atoms with Crippen LogP contribution in [0.2, 0.25) is 0 Å². The Morgan fingerprint density at radius 2 is 2.17 bits per heavy atom. The second-order valence-electron chi connectivity index (χ2n) is 5.76. The minimum Gasteiger partial charge on any atom is -0.335 e. The number of imidazole rings is 1. The Kier molecular flexibility index (Phi) is 3.64. The molecule has 3 amide bonds. The van der Waals surface area contributed by atoms with E-state index in [2.05, 4.69) is 25.8 Å². The molecule has 8 nitrogen and oxygen atoms in total. The number of thioether (sulfide) groups is 1. The highest BCUT2D eigenvalue weighted by Crippen LogP contribution is 2.26. The summed E-state index contributed by atoms with van der Waals surface area (Å²) in [4.78, 5) is 28.3. The van der Waals surface area contributed by atoms with Crippen molar-refractivity contribution in [1.29, 1.82) is 0 Å². The minimum atomic E-state index is -0.470. The van der Waals surface area contributed by atoms with E-state index < -0.39 is 11.3 Å². The fourth-order valence-electron chi connectivity index (χ4n) is 2.40. The average molecular weight is 344 g/mol. The molecule has 2 heterocycles. The molecular weight excluding hydrogens is 328 g/mol. The molecule has 1 aliphatic carbocycles. The highest BCUT2D eigenvalue weighted by atomic mass is 32.2. The van der Waals surface area contributed by atoms with Gasteiger partial charge in [0.05, 0.1) is 16.3 Å². The van der Waals surface area contributed by atoms with Crippen LogP contribution in [0.15, 0.2) is 29.4 Å². The van der Waals surface area contributed by atoms with Crippen molar-refractivity contribution in [2.45, 2.75) is 36.2 Å². The standard InChI is InChI=1S/C15H16N6O2S/c1-8(12(22)18-14(23)16-9-6-7-9)24-15-20-19-13-17-10-4-2-3-5-11(10)21(13)15/h2-5,8-9H,6-7H2,1H3,(H,17,19)(H2,16,18,22,23)/t8-/m1/s1. The van der Waals surface area contributed by atoms with Crippen LogP contribution in [0.5, 0.6) is 0 Å². The number of hydrogen-bond acceptors (Lipinski definition) is 5. The molecule has 1 atom stereocenters. The van der Waals surface area contributed by atoms with Crippen LogP contribution >= 0.6 is 11.8 Å². The van der Waals surface area contributed by atoms with E-state index >= 15 is 0 Å². The van der Waals surface area contributed by atoms with Crippen LogP contribution in [0.25, 0.3) is 16.8 Å². The number of hydrogen-bond donors (Lipinski definition) is 3. The third-order valence-electron chi connectivity index (χ3n) is 3.80. The Balaban J connectivity index is 1.50.